The maximum Gasteiger partial charge on any atom is 0.119 e. The van der Waals surface area contributed by atoms with Crippen molar-refractivity contribution in [2.24, 2.45) is 5.92 Å². The van der Waals surface area contributed by atoms with Crippen molar-refractivity contribution in [3.05, 3.63) is 89.7 Å². The number of aromatic nitrogens is 1. The topological polar surface area (TPSA) is 37.6 Å². The molecule has 1 aromatic heterocycles. The number of hydrogen-bond acceptors (Lipinski definition) is 3. The SMILES string of the molecule is COc1cccc(Cn2cccc2CN(CC2CCCCC2)C[C@H](O)c2ccccc2)c1. The molecule has 4 nitrogen and oxygen atoms in total. The lowest BCUT2D eigenvalue weighted by molar-refractivity contribution is 0.0914. The van der Waals surface area contributed by atoms with E-state index in [4.69, 9.17) is 4.74 Å². The molecule has 1 aliphatic rings. The van der Waals surface area contributed by atoms with E-state index in [0.717, 1.165) is 36.9 Å². The Balaban J connectivity index is 1.48. The van der Waals surface area contributed by atoms with Gasteiger partial charge in [0.2, 0.25) is 0 Å². The molecule has 3 aromatic rings. The first-order chi connectivity index (χ1) is 15.7. The van der Waals surface area contributed by atoms with Crippen molar-refractivity contribution in [1.82, 2.24) is 9.47 Å². The molecule has 4 rings (SSSR count). The molecule has 0 spiro atoms. The minimum atomic E-state index is -0.471. The summed E-state index contributed by atoms with van der Waals surface area (Å²) in [7, 11) is 1.71. The number of nitrogens with zero attached hydrogens (tertiary/aromatic N) is 2. The normalized spacial score (nSPS) is 15.7. The van der Waals surface area contributed by atoms with Crippen LogP contribution in [0.2, 0.25) is 0 Å². The van der Waals surface area contributed by atoms with E-state index in [0.29, 0.717) is 6.54 Å². The van der Waals surface area contributed by atoms with Gasteiger partial charge in [-0.05, 0) is 54.2 Å². The van der Waals surface area contributed by atoms with Gasteiger partial charge >= 0.3 is 0 Å². The summed E-state index contributed by atoms with van der Waals surface area (Å²) < 4.78 is 7.71. The van der Waals surface area contributed by atoms with Crippen LogP contribution >= 0.6 is 0 Å². The average molecular weight is 433 g/mol. The van der Waals surface area contributed by atoms with Gasteiger partial charge in [-0.3, -0.25) is 4.90 Å². The van der Waals surface area contributed by atoms with Crippen molar-refractivity contribution in [2.75, 3.05) is 20.2 Å². The van der Waals surface area contributed by atoms with Gasteiger partial charge in [0.1, 0.15) is 5.75 Å². The molecule has 2 aromatic carbocycles. The predicted octanol–water partition coefficient (Wildman–Crippen LogP) is 5.66. The summed E-state index contributed by atoms with van der Waals surface area (Å²) in [5, 5.41) is 10.9. The van der Waals surface area contributed by atoms with Crippen molar-refractivity contribution in [3.63, 3.8) is 0 Å². The van der Waals surface area contributed by atoms with Crippen molar-refractivity contribution in [1.29, 1.82) is 0 Å². The van der Waals surface area contributed by atoms with Gasteiger partial charge in [-0.1, -0.05) is 61.7 Å². The lowest BCUT2D eigenvalue weighted by Crippen LogP contribution is -2.34. The van der Waals surface area contributed by atoms with E-state index in [9.17, 15) is 5.11 Å². The Labute approximate surface area is 192 Å². The van der Waals surface area contributed by atoms with Gasteiger partial charge in [0.05, 0.1) is 13.2 Å². The Hall–Kier alpha value is -2.56. The summed E-state index contributed by atoms with van der Waals surface area (Å²) in [6.07, 6.45) is 8.35. The van der Waals surface area contributed by atoms with Crippen LogP contribution in [0.3, 0.4) is 0 Å². The Kier molecular flexibility index (Phi) is 8.02. The minimum Gasteiger partial charge on any atom is -0.497 e. The van der Waals surface area contributed by atoms with Crippen LogP contribution in [0.1, 0.15) is 55.0 Å². The smallest absolute Gasteiger partial charge is 0.119 e. The third-order valence-corrected chi connectivity index (χ3v) is 6.65. The molecule has 0 unspecified atom stereocenters. The first-order valence-corrected chi connectivity index (χ1v) is 11.9. The number of ether oxygens (including phenoxy) is 1. The molecular formula is C28H36N2O2. The number of hydrogen-bond donors (Lipinski definition) is 1. The van der Waals surface area contributed by atoms with Crippen LogP contribution < -0.4 is 4.74 Å². The van der Waals surface area contributed by atoms with Gasteiger partial charge in [-0.15, -0.1) is 0 Å². The molecule has 0 saturated heterocycles. The highest BCUT2D eigenvalue weighted by Gasteiger charge is 2.21. The summed E-state index contributed by atoms with van der Waals surface area (Å²) in [4.78, 5) is 2.46. The Morgan fingerprint density at radius 2 is 1.81 bits per heavy atom. The molecule has 1 N–H and O–H groups in total. The number of aliphatic hydroxyl groups excluding tert-OH is 1. The van der Waals surface area contributed by atoms with Gasteiger partial charge in [0.25, 0.3) is 0 Å². The molecule has 1 atom stereocenters. The van der Waals surface area contributed by atoms with E-state index in [1.165, 1.54) is 43.4 Å². The zero-order valence-electron chi connectivity index (χ0n) is 19.2. The highest BCUT2D eigenvalue weighted by atomic mass is 16.5. The lowest BCUT2D eigenvalue weighted by Gasteiger charge is -2.31. The summed E-state index contributed by atoms with van der Waals surface area (Å²) >= 11 is 0. The molecule has 1 heterocycles. The van der Waals surface area contributed by atoms with Crippen LogP contribution in [0.4, 0.5) is 0 Å². The fourth-order valence-corrected chi connectivity index (χ4v) is 4.91. The third-order valence-electron chi connectivity index (χ3n) is 6.65. The summed E-state index contributed by atoms with van der Waals surface area (Å²) in [6, 6.07) is 22.7. The predicted molar refractivity (Wildman–Crippen MR) is 130 cm³/mol. The average Bonchev–Trinajstić information content (AvgIpc) is 3.26. The quantitative estimate of drug-likeness (QED) is 0.449. The lowest BCUT2D eigenvalue weighted by atomic mass is 9.89. The number of methoxy groups -OCH3 is 1. The maximum absolute atomic E-state index is 10.9. The van der Waals surface area contributed by atoms with Gasteiger partial charge in [-0.25, -0.2) is 0 Å². The molecule has 0 bridgehead atoms. The summed E-state index contributed by atoms with van der Waals surface area (Å²) in [5.74, 6) is 1.62. The fraction of sp³-hybridized carbons (Fsp3) is 0.429. The van der Waals surface area contributed by atoms with Crippen LogP contribution in [-0.4, -0.2) is 34.8 Å². The summed E-state index contributed by atoms with van der Waals surface area (Å²) in [6.45, 7) is 3.37. The molecular weight excluding hydrogens is 396 g/mol. The molecule has 170 valence electrons. The molecule has 1 fully saturated rings. The van der Waals surface area contributed by atoms with Crippen LogP contribution in [0, 0.1) is 5.92 Å². The van der Waals surface area contributed by atoms with Gasteiger partial charge in [0, 0.05) is 38.1 Å². The van der Waals surface area contributed by atoms with Crippen LogP contribution in [0.5, 0.6) is 5.75 Å². The number of rotatable bonds is 10. The standard InChI is InChI=1S/C28H36N2O2/c1-32-27-16-8-12-24(18-27)20-30-17-9-15-26(30)21-29(19-23-10-4-2-5-11-23)22-28(31)25-13-6-3-7-14-25/h3,6-9,12-18,23,28,31H,2,4-5,10-11,19-22H2,1H3/t28-/m0/s1. The first kappa shape index (κ1) is 22.6. The monoisotopic (exact) mass is 432 g/mol. The van der Waals surface area contributed by atoms with E-state index in [1.54, 1.807) is 7.11 Å². The molecule has 1 saturated carbocycles. The van der Waals surface area contributed by atoms with Crippen LogP contribution in [-0.2, 0) is 13.1 Å². The second-order valence-electron chi connectivity index (χ2n) is 9.10. The van der Waals surface area contributed by atoms with Crippen molar-refractivity contribution in [2.45, 2.75) is 51.3 Å². The molecule has 0 aliphatic heterocycles. The second-order valence-corrected chi connectivity index (χ2v) is 9.10. The highest BCUT2D eigenvalue weighted by molar-refractivity contribution is 5.29. The van der Waals surface area contributed by atoms with Crippen molar-refractivity contribution >= 4 is 0 Å². The van der Waals surface area contributed by atoms with Crippen LogP contribution in [0.25, 0.3) is 0 Å². The molecule has 1 aliphatic carbocycles. The largest absolute Gasteiger partial charge is 0.497 e. The minimum absolute atomic E-state index is 0.471. The van der Waals surface area contributed by atoms with E-state index >= 15 is 0 Å². The Morgan fingerprint density at radius 3 is 2.59 bits per heavy atom. The van der Waals surface area contributed by atoms with E-state index in [1.807, 2.05) is 42.5 Å². The molecule has 32 heavy (non-hydrogen) atoms. The highest BCUT2D eigenvalue weighted by Crippen LogP contribution is 2.26. The fourth-order valence-electron chi connectivity index (χ4n) is 4.91. The van der Waals surface area contributed by atoms with Crippen LogP contribution in [0.15, 0.2) is 72.9 Å². The van der Waals surface area contributed by atoms with Crippen molar-refractivity contribution in [3.8, 4) is 5.75 Å². The third kappa shape index (κ3) is 6.24. The van der Waals surface area contributed by atoms with Gasteiger partial charge in [-0.2, -0.15) is 0 Å². The zero-order chi connectivity index (χ0) is 22.2. The van der Waals surface area contributed by atoms with E-state index < -0.39 is 6.10 Å². The maximum atomic E-state index is 10.9. The van der Waals surface area contributed by atoms with Crippen molar-refractivity contribution < 1.29 is 9.84 Å². The Bertz CT molecular complexity index is 947. The van der Waals surface area contributed by atoms with Gasteiger partial charge < -0.3 is 14.4 Å². The number of benzene rings is 2. The van der Waals surface area contributed by atoms with E-state index in [2.05, 4.69) is 39.9 Å². The zero-order valence-corrected chi connectivity index (χ0v) is 19.2. The summed E-state index contributed by atoms with van der Waals surface area (Å²) in [5.41, 5.74) is 3.50. The molecule has 0 amide bonds. The second kappa shape index (κ2) is 11.3. The first-order valence-electron chi connectivity index (χ1n) is 11.9. The Morgan fingerprint density at radius 1 is 1.00 bits per heavy atom. The molecule has 0 radical (unpaired) electrons. The molecule has 4 heteroatoms. The van der Waals surface area contributed by atoms with Gasteiger partial charge in [0.15, 0.2) is 0 Å². The van der Waals surface area contributed by atoms with E-state index in [-0.39, 0.29) is 0 Å². The number of aliphatic hydroxyl groups is 1.